The minimum Gasteiger partial charge on any atom is -0.352 e. The molecule has 0 fully saturated rings. The summed E-state index contributed by atoms with van der Waals surface area (Å²) in [5, 5.41) is 3.40. The van der Waals surface area contributed by atoms with Gasteiger partial charge in [0, 0.05) is 21.0 Å². The first kappa shape index (κ1) is 17.7. The Morgan fingerprint density at radius 2 is 1.67 bits per heavy atom. The largest absolute Gasteiger partial charge is 0.352 e. The van der Waals surface area contributed by atoms with Gasteiger partial charge in [-0.25, -0.2) is 4.98 Å². The molecule has 2 rings (SSSR count). The first-order valence-corrected chi connectivity index (χ1v) is 9.81. The zero-order valence-corrected chi connectivity index (χ0v) is 17.9. The molecule has 4 N–H and O–H groups in total. The summed E-state index contributed by atoms with van der Waals surface area (Å²) in [5.74, 6) is 0.729. The summed E-state index contributed by atoms with van der Waals surface area (Å²) < 4.78 is 3.71. The number of nitrogens with zero attached hydrogens (tertiary/aromatic N) is 1. The van der Waals surface area contributed by atoms with E-state index in [0.29, 0.717) is 0 Å². The average molecular weight is 548 g/mol. The number of aromatic nitrogens is 2. The van der Waals surface area contributed by atoms with Crippen LogP contribution in [0.3, 0.4) is 0 Å². The molecule has 1 aromatic carbocycles. The van der Waals surface area contributed by atoms with Crippen LogP contribution in [0, 0.1) is 0 Å². The summed E-state index contributed by atoms with van der Waals surface area (Å²) >= 11 is 14.2. The molecule has 8 heteroatoms. The number of halogens is 4. The van der Waals surface area contributed by atoms with Crippen LogP contribution in [-0.4, -0.2) is 22.1 Å². The molecule has 21 heavy (non-hydrogen) atoms. The van der Waals surface area contributed by atoms with Crippen LogP contribution in [0.25, 0.3) is 11.0 Å². The van der Waals surface area contributed by atoms with E-state index in [9.17, 15) is 0 Å². The highest BCUT2D eigenvalue weighted by atomic mass is 79.9. The fraction of sp³-hybridized carbons (Fsp3) is 0.462. The maximum absolute atomic E-state index is 6.14. The number of fused-ring (bicyclic) bond motifs is 1. The SMILES string of the molecule is CCC(N)C(CC)Nc1nc2c(Br)c(Br)c(Br)c(Br)c2[nH]1. The Labute approximate surface area is 157 Å². The van der Waals surface area contributed by atoms with Gasteiger partial charge in [-0.2, -0.15) is 0 Å². The standard InChI is InChI=1S/C13H16Br4N4/c1-3-5(18)6(4-2)19-13-20-11-9(16)7(14)8(15)10(17)12(11)21-13/h5-6H,3-4,18H2,1-2H3,(H2,19,20,21). The van der Waals surface area contributed by atoms with Crippen molar-refractivity contribution >= 4 is 80.7 Å². The normalized spacial score (nSPS) is 14.4. The Kier molecular flexibility index (Phi) is 6.15. The predicted octanol–water partition coefficient (Wildman–Crippen LogP) is 5.54. The lowest BCUT2D eigenvalue weighted by Crippen LogP contribution is -2.39. The van der Waals surface area contributed by atoms with Gasteiger partial charge in [-0.3, -0.25) is 0 Å². The Bertz CT molecular complexity index is 610. The first-order chi connectivity index (χ1) is 9.90. The number of aromatic amines is 1. The van der Waals surface area contributed by atoms with Crippen molar-refractivity contribution in [2.24, 2.45) is 5.73 Å². The second kappa shape index (κ2) is 7.29. The van der Waals surface area contributed by atoms with Gasteiger partial charge in [0.2, 0.25) is 5.95 Å². The monoisotopic (exact) mass is 544 g/mol. The van der Waals surface area contributed by atoms with Crippen LogP contribution < -0.4 is 11.1 Å². The van der Waals surface area contributed by atoms with E-state index in [2.05, 4.69) is 92.9 Å². The third kappa shape index (κ3) is 3.49. The summed E-state index contributed by atoms with van der Waals surface area (Å²) in [6, 6.07) is 0.300. The second-order valence-corrected chi connectivity index (χ2v) is 7.97. The molecule has 0 amide bonds. The van der Waals surface area contributed by atoms with Crippen LogP contribution >= 0.6 is 63.7 Å². The van der Waals surface area contributed by atoms with E-state index >= 15 is 0 Å². The first-order valence-electron chi connectivity index (χ1n) is 6.64. The maximum atomic E-state index is 6.14. The Morgan fingerprint density at radius 3 is 2.24 bits per heavy atom. The summed E-state index contributed by atoms with van der Waals surface area (Å²) in [7, 11) is 0. The van der Waals surface area contributed by atoms with Crippen molar-refractivity contribution in [3.63, 3.8) is 0 Å². The van der Waals surface area contributed by atoms with Gasteiger partial charge in [0.25, 0.3) is 0 Å². The quantitative estimate of drug-likeness (QED) is 0.340. The van der Waals surface area contributed by atoms with Gasteiger partial charge < -0.3 is 16.0 Å². The molecule has 4 nitrogen and oxygen atoms in total. The van der Waals surface area contributed by atoms with Crippen LogP contribution in [0.2, 0.25) is 0 Å². The molecule has 0 bridgehead atoms. The zero-order valence-electron chi connectivity index (χ0n) is 11.6. The van der Waals surface area contributed by atoms with E-state index in [1.807, 2.05) is 0 Å². The second-order valence-electron chi connectivity index (χ2n) is 4.80. The number of hydrogen-bond donors (Lipinski definition) is 3. The highest BCUT2D eigenvalue weighted by molar-refractivity contribution is 9.15. The van der Waals surface area contributed by atoms with E-state index < -0.39 is 0 Å². The van der Waals surface area contributed by atoms with Crippen molar-refractivity contribution in [1.82, 2.24) is 9.97 Å². The van der Waals surface area contributed by atoms with Crippen LogP contribution in [0.15, 0.2) is 17.9 Å². The van der Waals surface area contributed by atoms with E-state index in [1.54, 1.807) is 0 Å². The summed E-state index contributed by atoms with van der Waals surface area (Å²) in [4.78, 5) is 7.94. The van der Waals surface area contributed by atoms with Gasteiger partial charge in [-0.05, 0) is 76.6 Å². The van der Waals surface area contributed by atoms with Crippen LogP contribution in [0.1, 0.15) is 26.7 Å². The molecule has 2 unspecified atom stereocenters. The molecule has 0 spiro atoms. The predicted molar refractivity (Wildman–Crippen MR) is 103 cm³/mol. The van der Waals surface area contributed by atoms with Crippen molar-refractivity contribution < 1.29 is 0 Å². The zero-order chi connectivity index (χ0) is 15.7. The molecule has 0 saturated heterocycles. The van der Waals surface area contributed by atoms with E-state index in [1.165, 1.54) is 0 Å². The number of hydrogen-bond acceptors (Lipinski definition) is 3. The lowest BCUT2D eigenvalue weighted by molar-refractivity contribution is 0.526. The number of nitrogens with two attached hydrogens (primary N) is 1. The van der Waals surface area contributed by atoms with Crippen molar-refractivity contribution in [2.75, 3.05) is 5.32 Å². The lowest BCUT2D eigenvalue weighted by Gasteiger charge is -2.22. The highest BCUT2D eigenvalue weighted by Crippen LogP contribution is 2.42. The lowest BCUT2D eigenvalue weighted by atomic mass is 10.0. The number of anilines is 1. The molecule has 1 heterocycles. The third-order valence-electron chi connectivity index (χ3n) is 3.46. The average Bonchev–Trinajstić information content (AvgIpc) is 2.91. The van der Waals surface area contributed by atoms with E-state index in [-0.39, 0.29) is 12.1 Å². The third-order valence-corrected chi connectivity index (χ3v) is 8.21. The molecule has 0 aliphatic rings. The number of nitrogens with one attached hydrogen (secondary N) is 2. The molecule has 116 valence electrons. The number of H-pyrrole nitrogens is 1. The minimum absolute atomic E-state index is 0.105. The molecule has 0 aliphatic carbocycles. The molecule has 0 aliphatic heterocycles. The molecule has 2 atom stereocenters. The van der Waals surface area contributed by atoms with E-state index in [4.69, 9.17) is 5.73 Å². The molecular formula is C13H16Br4N4. The fourth-order valence-electron chi connectivity index (χ4n) is 2.14. The number of rotatable bonds is 5. The molecule has 0 saturated carbocycles. The van der Waals surface area contributed by atoms with E-state index in [0.717, 1.165) is 47.7 Å². The van der Waals surface area contributed by atoms with Gasteiger partial charge in [0.15, 0.2) is 0 Å². The Hall–Kier alpha value is 0.370. The molecule has 0 radical (unpaired) electrons. The molecule has 2 aromatic rings. The number of imidazole rings is 1. The van der Waals surface area contributed by atoms with Gasteiger partial charge in [-0.1, -0.05) is 13.8 Å². The number of benzene rings is 1. The Balaban J connectivity index is 2.44. The van der Waals surface area contributed by atoms with Crippen LogP contribution in [0.5, 0.6) is 0 Å². The van der Waals surface area contributed by atoms with Gasteiger partial charge in [0.1, 0.15) is 5.52 Å². The molecule has 1 aromatic heterocycles. The van der Waals surface area contributed by atoms with Crippen LogP contribution in [0.4, 0.5) is 5.95 Å². The topological polar surface area (TPSA) is 66.7 Å². The van der Waals surface area contributed by atoms with Crippen molar-refractivity contribution in [2.45, 2.75) is 38.8 Å². The minimum atomic E-state index is 0.105. The fourth-order valence-corrected chi connectivity index (χ4v) is 4.42. The van der Waals surface area contributed by atoms with Gasteiger partial charge in [0.05, 0.1) is 14.5 Å². The van der Waals surface area contributed by atoms with Crippen molar-refractivity contribution in [1.29, 1.82) is 0 Å². The summed E-state index contributed by atoms with van der Waals surface area (Å²) in [6.07, 6.45) is 1.87. The van der Waals surface area contributed by atoms with Crippen LogP contribution in [-0.2, 0) is 0 Å². The Morgan fingerprint density at radius 1 is 1.05 bits per heavy atom. The van der Waals surface area contributed by atoms with Gasteiger partial charge in [-0.15, -0.1) is 0 Å². The summed E-state index contributed by atoms with van der Waals surface area (Å²) in [5.41, 5.74) is 7.93. The molecular weight excluding hydrogens is 532 g/mol. The van der Waals surface area contributed by atoms with Crippen molar-refractivity contribution in [3.05, 3.63) is 17.9 Å². The summed E-state index contributed by atoms with van der Waals surface area (Å²) in [6.45, 7) is 4.21. The van der Waals surface area contributed by atoms with Gasteiger partial charge >= 0.3 is 0 Å². The highest BCUT2D eigenvalue weighted by Gasteiger charge is 2.20. The smallest absolute Gasteiger partial charge is 0.201 e. The maximum Gasteiger partial charge on any atom is 0.201 e. The van der Waals surface area contributed by atoms with Crippen molar-refractivity contribution in [3.8, 4) is 0 Å².